The fraction of sp³-hybridized carbons (Fsp3) is 0.500. The summed E-state index contributed by atoms with van der Waals surface area (Å²) in [5.74, 6) is 0. The van der Waals surface area contributed by atoms with Crippen LogP contribution in [-0.2, 0) is 22.6 Å². The molecule has 1 aliphatic heterocycles. The van der Waals surface area contributed by atoms with E-state index in [0.29, 0.717) is 6.61 Å². The third kappa shape index (κ3) is 4.72. The molecule has 4 nitrogen and oxygen atoms in total. The van der Waals surface area contributed by atoms with Crippen molar-refractivity contribution < 1.29 is 4.18 Å². The summed E-state index contributed by atoms with van der Waals surface area (Å²) < 4.78 is 5.80. The Labute approximate surface area is 153 Å². The summed E-state index contributed by atoms with van der Waals surface area (Å²) in [5, 5.41) is 1.17. The summed E-state index contributed by atoms with van der Waals surface area (Å²) in [4.78, 5) is 12.2. The predicted molar refractivity (Wildman–Crippen MR) is 104 cm³/mol. The van der Waals surface area contributed by atoms with E-state index in [9.17, 15) is 0 Å². The highest BCUT2D eigenvalue weighted by Crippen LogP contribution is 2.26. The minimum atomic E-state index is 0.710. The summed E-state index contributed by atoms with van der Waals surface area (Å²) in [5.41, 5.74) is 2.47. The molecule has 24 heavy (non-hydrogen) atoms. The van der Waals surface area contributed by atoms with E-state index in [2.05, 4.69) is 55.0 Å². The number of piperazine rings is 1. The average Bonchev–Trinajstić information content (AvgIpc) is 2.95. The maximum absolute atomic E-state index is 5.80. The summed E-state index contributed by atoms with van der Waals surface area (Å²) in [6, 6.07) is 8.49. The number of anilines is 1. The van der Waals surface area contributed by atoms with Gasteiger partial charge in [0.1, 0.15) is 6.61 Å². The van der Waals surface area contributed by atoms with Gasteiger partial charge in [-0.2, -0.15) is 4.18 Å². The molecule has 2 aromatic rings. The molecule has 0 atom stereocenters. The number of benzene rings is 1. The number of aromatic nitrogens is 1. The van der Waals surface area contributed by atoms with Crippen LogP contribution in [0.1, 0.15) is 16.1 Å². The van der Waals surface area contributed by atoms with Crippen molar-refractivity contribution in [3.05, 3.63) is 40.4 Å². The highest BCUT2D eigenvalue weighted by atomic mass is 32.2. The van der Waals surface area contributed by atoms with Crippen LogP contribution in [0.3, 0.4) is 0 Å². The van der Waals surface area contributed by atoms with Gasteiger partial charge < -0.3 is 9.80 Å². The first kappa shape index (κ1) is 17.7. The molecule has 1 aromatic heterocycles. The number of aryl methyl sites for hydroxylation is 2. The molecule has 0 amide bonds. The van der Waals surface area contributed by atoms with Gasteiger partial charge in [-0.1, -0.05) is 17.7 Å². The Morgan fingerprint density at radius 2 is 1.83 bits per heavy atom. The summed E-state index contributed by atoms with van der Waals surface area (Å²) in [6.07, 6.45) is 0.884. The third-order valence-corrected chi connectivity index (χ3v) is 6.18. The third-order valence-electron chi connectivity index (χ3n) is 4.29. The molecule has 1 fully saturated rings. The van der Waals surface area contributed by atoms with Crippen LogP contribution in [0.25, 0.3) is 0 Å². The monoisotopic (exact) mass is 364 g/mol. The molecule has 0 N–H and O–H groups in total. The largest absolute Gasteiger partial charge is 0.346 e. The SMILES string of the molecule is Cc1ccc([SH+]OCCc2nc(N3CCN(C)CC3)sc2C)cc1. The van der Waals surface area contributed by atoms with Gasteiger partial charge in [0, 0.05) is 37.5 Å². The van der Waals surface area contributed by atoms with Crippen molar-refractivity contribution in [3.8, 4) is 0 Å². The number of hydrogen-bond acceptors (Lipinski definition) is 5. The molecule has 0 bridgehead atoms. The van der Waals surface area contributed by atoms with Gasteiger partial charge in [0.05, 0.1) is 5.69 Å². The number of likely N-dealkylation sites (N-methyl/N-ethyl adjacent to an activating group) is 1. The van der Waals surface area contributed by atoms with Gasteiger partial charge in [0.15, 0.2) is 22.1 Å². The molecule has 0 saturated carbocycles. The lowest BCUT2D eigenvalue weighted by Crippen LogP contribution is -2.44. The van der Waals surface area contributed by atoms with Gasteiger partial charge >= 0.3 is 0 Å². The van der Waals surface area contributed by atoms with Crippen LogP contribution in [0.15, 0.2) is 29.2 Å². The first-order valence-corrected chi connectivity index (χ1v) is 10.0. The fourth-order valence-corrected chi connectivity index (χ4v) is 4.26. The predicted octanol–water partition coefficient (Wildman–Crippen LogP) is 2.86. The molecule has 3 rings (SSSR count). The van der Waals surface area contributed by atoms with Gasteiger partial charge in [-0.25, -0.2) is 4.98 Å². The van der Waals surface area contributed by atoms with Crippen LogP contribution in [0.4, 0.5) is 5.13 Å². The molecule has 0 radical (unpaired) electrons. The maximum atomic E-state index is 5.80. The van der Waals surface area contributed by atoms with Crippen LogP contribution < -0.4 is 4.90 Å². The zero-order valence-electron chi connectivity index (χ0n) is 14.7. The first-order valence-electron chi connectivity index (χ1n) is 8.41. The summed E-state index contributed by atoms with van der Waals surface area (Å²) >= 11 is 2.75. The minimum absolute atomic E-state index is 0.710. The number of nitrogens with zero attached hydrogens (tertiary/aromatic N) is 3. The Kier molecular flexibility index (Phi) is 6.16. The Hall–Kier alpha value is -1.08. The van der Waals surface area contributed by atoms with Crippen LogP contribution in [0, 0.1) is 13.8 Å². The van der Waals surface area contributed by atoms with Crippen LogP contribution in [-0.4, -0.2) is 49.7 Å². The summed E-state index contributed by atoms with van der Waals surface area (Å²) in [7, 11) is 2.18. The zero-order chi connectivity index (χ0) is 16.9. The van der Waals surface area contributed by atoms with Crippen molar-refractivity contribution in [2.45, 2.75) is 25.2 Å². The Morgan fingerprint density at radius 3 is 2.54 bits per heavy atom. The highest BCUT2D eigenvalue weighted by molar-refractivity contribution is 7.73. The number of rotatable bonds is 6. The molecular weight excluding hydrogens is 338 g/mol. The van der Waals surface area contributed by atoms with Crippen molar-refractivity contribution in [2.24, 2.45) is 0 Å². The smallest absolute Gasteiger partial charge is 0.187 e. The van der Waals surface area contributed by atoms with Gasteiger partial charge in [-0.15, -0.1) is 11.3 Å². The van der Waals surface area contributed by atoms with Crippen molar-refractivity contribution in [2.75, 3.05) is 44.7 Å². The molecule has 1 aromatic carbocycles. The number of thiazole rings is 1. The Morgan fingerprint density at radius 1 is 1.12 bits per heavy atom. The van der Waals surface area contributed by atoms with Crippen LogP contribution in [0.2, 0.25) is 0 Å². The minimum Gasteiger partial charge on any atom is -0.346 e. The average molecular weight is 365 g/mol. The van der Waals surface area contributed by atoms with E-state index in [0.717, 1.165) is 44.6 Å². The van der Waals surface area contributed by atoms with E-state index >= 15 is 0 Å². The molecule has 130 valence electrons. The maximum Gasteiger partial charge on any atom is 0.187 e. The second-order valence-corrected chi connectivity index (χ2v) is 8.44. The molecule has 1 aliphatic rings. The van der Waals surface area contributed by atoms with Gasteiger partial charge in [0.25, 0.3) is 0 Å². The van der Waals surface area contributed by atoms with E-state index in [1.165, 1.54) is 26.2 Å². The number of thiol groups is 1. The zero-order valence-corrected chi connectivity index (χ0v) is 16.4. The van der Waals surface area contributed by atoms with Crippen molar-refractivity contribution >= 4 is 28.5 Å². The van der Waals surface area contributed by atoms with Crippen molar-refractivity contribution in [3.63, 3.8) is 0 Å². The number of hydrogen-bond donors (Lipinski definition) is 0. The van der Waals surface area contributed by atoms with Gasteiger partial charge in [0.2, 0.25) is 0 Å². The normalized spacial score (nSPS) is 15.9. The fourth-order valence-electron chi connectivity index (χ4n) is 2.65. The van der Waals surface area contributed by atoms with E-state index in [1.807, 2.05) is 11.3 Å². The molecule has 6 heteroatoms. The lowest BCUT2D eigenvalue weighted by atomic mass is 10.2. The van der Waals surface area contributed by atoms with E-state index in [4.69, 9.17) is 9.17 Å². The molecule has 0 unspecified atom stereocenters. The topological polar surface area (TPSA) is 28.6 Å². The van der Waals surface area contributed by atoms with Gasteiger partial charge in [-0.3, -0.25) is 0 Å². The van der Waals surface area contributed by atoms with E-state index in [-0.39, 0.29) is 0 Å². The van der Waals surface area contributed by atoms with E-state index < -0.39 is 0 Å². The molecule has 0 aliphatic carbocycles. The lowest BCUT2D eigenvalue weighted by molar-refractivity contribution is 0.312. The first-order chi connectivity index (χ1) is 11.6. The summed E-state index contributed by atoms with van der Waals surface area (Å²) in [6.45, 7) is 9.37. The quantitative estimate of drug-likeness (QED) is 0.448. The van der Waals surface area contributed by atoms with E-state index in [1.54, 1.807) is 0 Å². The lowest BCUT2D eigenvalue weighted by Gasteiger charge is -2.32. The van der Waals surface area contributed by atoms with Gasteiger partial charge in [-0.05, 0) is 33.0 Å². The highest BCUT2D eigenvalue weighted by Gasteiger charge is 2.18. The molecular formula is C18H26N3OS2+. The van der Waals surface area contributed by atoms with Crippen LogP contribution >= 0.6 is 11.3 Å². The molecule has 2 heterocycles. The Bertz CT molecular complexity index is 649. The second kappa shape index (κ2) is 8.34. The Balaban J connectivity index is 1.48. The molecule has 0 spiro atoms. The standard InChI is InChI=1S/C18H25N3OS2/c1-14-4-6-16(7-5-14)24-22-13-8-17-15(2)23-18(19-17)21-11-9-20(3)10-12-21/h4-7H,8-13H2,1-3H3/p+1. The van der Waals surface area contributed by atoms with Crippen molar-refractivity contribution in [1.82, 2.24) is 9.88 Å². The molecule has 1 saturated heterocycles. The van der Waals surface area contributed by atoms with Crippen LogP contribution in [0.5, 0.6) is 0 Å². The second-order valence-electron chi connectivity index (χ2n) is 6.30. The van der Waals surface area contributed by atoms with Crippen molar-refractivity contribution in [1.29, 1.82) is 0 Å².